The number of carbonyl (C=O) groups excluding carboxylic acids is 2. The zero-order valence-corrected chi connectivity index (χ0v) is 15.5. The van der Waals surface area contributed by atoms with Gasteiger partial charge in [-0.3, -0.25) is 25.8 Å². The summed E-state index contributed by atoms with van der Waals surface area (Å²) in [7, 11) is 0. The van der Waals surface area contributed by atoms with E-state index in [2.05, 4.69) is 23.1 Å². The summed E-state index contributed by atoms with van der Waals surface area (Å²) in [6.07, 6.45) is 0.941. The number of ether oxygens (including phenoxy) is 1. The maximum Gasteiger partial charge on any atom is 0.276 e. The highest BCUT2D eigenvalue weighted by Crippen LogP contribution is 2.12. The van der Waals surface area contributed by atoms with E-state index in [9.17, 15) is 9.59 Å². The molecule has 0 aliphatic heterocycles. The Morgan fingerprint density at radius 3 is 2.27 bits per heavy atom. The monoisotopic (exact) mass is 371 g/mol. The molecular weight excluding hydrogens is 350 g/mol. The SMILES string of the molecule is CCc1ccc(OCC(=O)NNC(=S)NC(=O)c2ccc(C)cc2)cc1. The third-order valence-electron chi connectivity index (χ3n) is 3.56. The summed E-state index contributed by atoms with van der Waals surface area (Å²) >= 11 is 4.98. The lowest BCUT2D eigenvalue weighted by atomic mass is 10.1. The molecule has 0 atom stereocenters. The van der Waals surface area contributed by atoms with Crippen molar-refractivity contribution in [3.05, 3.63) is 65.2 Å². The van der Waals surface area contributed by atoms with Crippen molar-refractivity contribution in [3.8, 4) is 5.75 Å². The van der Waals surface area contributed by atoms with Gasteiger partial charge in [0, 0.05) is 5.56 Å². The van der Waals surface area contributed by atoms with Gasteiger partial charge in [-0.1, -0.05) is 36.8 Å². The van der Waals surface area contributed by atoms with E-state index >= 15 is 0 Å². The molecule has 0 saturated carbocycles. The first-order valence-corrected chi connectivity index (χ1v) is 8.57. The minimum absolute atomic E-state index is 0.00350. The van der Waals surface area contributed by atoms with Crippen LogP contribution in [0, 0.1) is 6.92 Å². The summed E-state index contributed by atoms with van der Waals surface area (Å²) in [5.74, 6) is -0.173. The molecule has 2 aromatic rings. The van der Waals surface area contributed by atoms with E-state index in [1.165, 1.54) is 5.56 Å². The average molecular weight is 371 g/mol. The molecule has 0 unspecified atom stereocenters. The lowest BCUT2D eigenvalue weighted by Crippen LogP contribution is -2.49. The Balaban J connectivity index is 1.71. The summed E-state index contributed by atoms with van der Waals surface area (Å²) in [4.78, 5) is 23.8. The first-order chi connectivity index (χ1) is 12.5. The van der Waals surface area contributed by atoms with Crippen LogP contribution in [0.4, 0.5) is 0 Å². The Morgan fingerprint density at radius 1 is 1.00 bits per heavy atom. The molecular formula is C19H21N3O3S. The Labute approximate surface area is 157 Å². The highest BCUT2D eigenvalue weighted by molar-refractivity contribution is 7.80. The van der Waals surface area contributed by atoms with Crippen molar-refractivity contribution in [2.45, 2.75) is 20.3 Å². The van der Waals surface area contributed by atoms with E-state index in [0.29, 0.717) is 11.3 Å². The third-order valence-corrected chi connectivity index (χ3v) is 3.76. The highest BCUT2D eigenvalue weighted by atomic mass is 32.1. The largest absolute Gasteiger partial charge is 0.484 e. The number of hydrogen-bond donors (Lipinski definition) is 3. The fraction of sp³-hybridized carbons (Fsp3) is 0.211. The van der Waals surface area contributed by atoms with E-state index < -0.39 is 5.91 Å². The van der Waals surface area contributed by atoms with Gasteiger partial charge in [0.2, 0.25) is 0 Å². The van der Waals surface area contributed by atoms with Crippen LogP contribution >= 0.6 is 12.2 Å². The Kier molecular flexibility index (Phi) is 7.11. The quantitative estimate of drug-likeness (QED) is 0.555. The first-order valence-electron chi connectivity index (χ1n) is 8.16. The molecule has 0 aliphatic carbocycles. The molecule has 0 aliphatic rings. The van der Waals surface area contributed by atoms with Crippen LogP contribution in [0.25, 0.3) is 0 Å². The maximum absolute atomic E-state index is 12.0. The molecule has 2 amide bonds. The number of hydrogen-bond acceptors (Lipinski definition) is 4. The Hall–Kier alpha value is -2.93. The molecule has 0 radical (unpaired) electrons. The van der Waals surface area contributed by atoms with Gasteiger partial charge in [0.05, 0.1) is 0 Å². The van der Waals surface area contributed by atoms with Crippen molar-refractivity contribution < 1.29 is 14.3 Å². The summed E-state index contributed by atoms with van der Waals surface area (Å²) in [5.41, 5.74) is 7.56. The van der Waals surface area contributed by atoms with Crippen LogP contribution in [0.2, 0.25) is 0 Å². The molecule has 0 aromatic heterocycles. The van der Waals surface area contributed by atoms with Gasteiger partial charge in [-0.2, -0.15) is 0 Å². The predicted molar refractivity (Wildman–Crippen MR) is 104 cm³/mol. The van der Waals surface area contributed by atoms with Crippen molar-refractivity contribution in [2.24, 2.45) is 0 Å². The topological polar surface area (TPSA) is 79.5 Å². The number of carbonyl (C=O) groups is 2. The number of amides is 2. The normalized spacial score (nSPS) is 9.92. The fourth-order valence-electron chi connectivity index (χ4n) is 2.04. The zero-order chi connectivity index (χ0) is 18.9. The van der Waals surface area contributed by atoms with Crippen LogP contribution in [0.15, 0.2) is 48.5 Å². The molecule has 6 nitrogen and oxygen atoms in total. The second kappa shape index (κ2) is 9.53. The molecule has 136 valence electrons. The summed E-state index contributed by atoms with van der Waals surface area (Å²) < 4.78 is 5.38. The summed E-state index contributed by atoms with van der Waals surface area (Å²) in [5, 5.41) is 2.48. The van der Waals surface area contributed by atoms with Crippen LogP contribution in [-0.2, 0) is 11.2 Å². The number of benzene rings is 2. The highest BCUT2D eigenvalue weighted by Gasteiger charge is 2.08. The van der Waals surface area contributed by atoms with Gasteiger partial charge in [-0.05, 0) is 55.4 Å². The van der Waals surface area contributed by atoms with Gasteiger partial charge >= 0.3 is 0 Å². The van der Waals surface area contributed by atoms with Crippen LogP contribution in [0.5, 0.6) is 5.75 Å². The standard InChI is InChI=1S/C19H21N3O3S/c1-3-14-6-10-16(11-7-14)25-12-17(23)21-22-19(26)20-18(24)15-8-4-13(2)5-9-15/h4-11H,3,12H2,1-2H3,(H,21,23)(H2,20,22,24,26). The molecule has 3 N–H and O–H groups in total. The van der Waals surface area contributed by atoms with Crippen molar-refractivity contribution in [1.82, 2.24) is 16.2 Å². The van der Waals surface area contributed by atoms with Crippen molar-refractivity contribution in [3.63, 3.8) is 0 Å². The summed E-state index contributed by atoms with van der Waals surface area (Å²) in [6, 6.07) is 14.6. The smallest absolute Gasteiger partial charge is 0.276 e. The molecule has 2 rings (SSSR count). The van der Waals surface area contributed by atoms with E-state index in [4.69, 9.17) is 17.0 Å². The van der Waals surface area contributed by atoms with Gasteiger partial charge in [0.1, 0.15) is 5.75 Å². The van der Waals surface area contributed by atoms with E-state index in [1.807, 2.05) is 43.3 Å². The fourth-order valence-corrected chi connectivity index (χ4v) is 2.19. The molecule has 2 aromatic carbocycles. The van der Waals surface area contributed by atoms with Gasteiger partial charge in [-0.25, -0.2) is 0 Å². The van der Waals surface area contributed by atoms with Crippen LogP contribution in [0.3, 0.4) is 0 Å². The van der Waals surface area contributed by atoms with Crippen LogP contribution in [0.1, 0.15) is 28.4 Å². The predicted octanol–water partition coefficient (Wildman–Crippen LogP) is 2.27. The molecule has 7 heteroatoms. The molecule has 0 heterocycles. The first kappa shape index (κ1) is 19.4. The van der Waals surface area contributed by atoms with Crippen LogP contribution < -0.4 is 20.9 Å². The Morgan fingerprint density at radius 2 is 1.65 bits per heavy atom. The van der Waals surface area contributed by atoms with Gasteiger partial charge in [-0.15, -0.1) is 0 Å². The summed E-state index contributed by atoms with van der Waals surface area (Å²) in [6.45, 7) is 3.83. The Bertz CT molecular complexity index is 774. The van der Waals surface area contributed by atoms with E-state index in [1.54, 1.807) is 12.1 Å². The van der Waals surface area contributed by atoms with Crippen molar-refractivity contribution in [1.29, 1.82) is 0 Å². The van der Waals surface area contributed by atoms with Gasteiger partial charge < -0.3 is 4.74 Å². The van der Waals surface area contributed by atoms with Gasteiger partial charge in [0.25, 0.3) is 11.8 Å². The second-order valence-corrected chi connectivity index (χ2v) is 6.02. The molecule has 0 bridgehead atoms. The van der Waals surface area contributed by atoms with Crippen molar-refractivity contribution in [2.75, 3.05) is 6.61 Å². The second-order valence-electron chi connectivity index (χ2n) is 5.61. The molecule has 0 fully saturated rings. The van der Waals surface area contributed by atoms with E-state index in [-0.39, 0.29) is 17.6 Å². The number of aryl methyl sites for hydroxylation is 2. The van der Waals surface area contributed by atoms with Gasteiger partial charge in [0.15, 0.2) is 11.7 Å². The number of hydrazine groups is 1. The number of thiocarbonyl (C=S) groups is 1. The molecule has 0 spiro atoms. The minimum Gasteiger partial charge on any atom is -0.484 e. The third kappa shape index (κ3) is 6.18. The lowest BCUT2D eigenvalue weighted by Gasteiger charge is -2.11. The lowest BCUT2D eigenvalue weighted by molar-refractivity contribution is -0.123. The minimum atomic E-state index is -0.420. The van der Waals surface area contributed by atoms with Crippen LogP contribution in [-0.4, -0.2) is 23.5 Å². The number of rotatable bonds is 5. The molecule has 0 saturated heterocycles. The average Bonchev–Trinajstić information content (AvgIpc) is 2.65. The van der Waals surface area contributed by atoms with E-state index in [0.717, 1.165) is 12.0 Å². The zero-order valence-electron chi connectivity index (χ0n) is 14.7. The number of nitrogens with one attached hydrogen (secondary N) is 3. The maximum atomic E-state index is 12.0. The molecule has 26 heavy (non-hydrogen) atoms. The van der Waals surface area contributed by atoms with Crippen molar-refractivity contribution >= 4 is 29.1 Å².